The lowest BCUT2D eigenvalue weighted by Gasteiger charge is -2.10. The molecule has 0 aliphatic carbocycles. The van der Waals surface area contributed by atoms with Crippen LogP contribution in [0.4, 0.5) is 11.4 Å². The van der Waals surface area contributed by atoms with E-state index in [9.17, 15) is 8.42 Å². The fourth-order valence-corrected chi connectivity index (χ4v) is 2.62. The Hall–Kier alpha value is -2.06. The Morgan fingerprint density at radius 2 is 2.10 bits per heavy atom. The molecular weight excluding hydrogens is 290 g/mol. The number of sulfonamides is 1. The van der Waals surface area contributed by atoms with Crippen LogP contribution in [-0.2, 0) is 30.0 Å². The van der Waals surface area contributed by atoms with Gasteiger partial charge in [-0.05, 0) is 24.6 Å². The molecule has 0 aliphatic rings. The summed E-state index contributed by atoms with van der Waals surface area (Å²) in [4.78, 5) is 0.0288. The molecule has 0 unspecified atom stereocenters. The largest absolute Gasteiger partial charge is 0.397 e. The fourth-order valence-electron chi connectivity index (χ4n) is 2.08. The van der Waals surface area contributed by atoms with Crippen molar-refractivity contribution in [3.8, 4) is 0 Å². The first-order valence-corrected chi connectivity index (χ1v) is 8.03. The number of hydrogen-bond donors (Lipinski definition) is 3. The summed E-state index contributed by atoms with van der Waals surface area (Å²) in [7, 11) is -1.89. The van der Waals surface area contributed by atoms with Crippen LogP contribution in [0.15, 0.2) is 29.3 Å². The Labute approximate surface area is 124 Å². The van der Waals surface area contributed by atoms with Gasteiger partial charge in [0.25, 0.3) is 0 Å². The highest BCUT2D eigenvalue weighted by atomic mass is 32.2. The van der Waals surface area contributed by atoms with Gasteiger partial charge in [0.15, 0.2) is 0 Å². The van der Waals surface area contributed by atoms with Crippen LogP contribution in [0.5, 0.6) is 0 Å². The molecule has 1 heterocycles. The van der Waals surface area contributed by atoms with Crippen LogP contribution in [0, 0.1) is 0 Å². The number of rotatable bonds is 5. The van der Waals surface area contributed by atoms with Gasteiger partial charge in [-0.1, -0.05) is 6.92 Å². The zero-order chi connectivity index (χ0) is 15.6. The number of benzene rings is 1. The first kappa shape index (κ1) is 15.3. The second-order valence-electron chi connectivity index (χ2n) is 4.78. The van der Waals surface area contributed by atoms with Crippen molar-refractivity contribution >= 4 is 21.4 Å². The minimum Gasteiger partial charge on any atom is -0.397 e. The molecule has 0 bridgehead atoms. The lowest BCUT2D eigenvalue weighted by molar-refractivity contribution is 0.598. The summed E-state index contributed by atoms with van der Waals surface area (Å²) in [6, 6.07) is 4.34. The molecule has 2 aromatic rings. The number of anilines is 2. The zero-order valence-corrected chi connectivity index (χ0v) is 12.8. The quantitative estimate of drug-likeness (QED) is 0.707. The molecule has 1 aromatic carbocycles. The average molecular weight is 309 g/mol. The Bertz CT molecular complexity index is 752. The van der Waals surface area contributed by atoms with Crippen LogP contribution in [0.1, 0.15) is 18.2 Å². The van der Waals surface area contributed by atoms with Crippen molar-refractivity contribution in [2.24, 2.45) is 12.2 Å². The van der Waals surface area contributed by atoms with Crippen LogP contribution in [0.3, 0.4) is 0 Å². The van der Waals surface area contributed by atoms with Gasteiger partial charge in [-0.2, -0.15) is 5.10 Å². The molecule has 0 spiro atoms. The van der Waals surface area contributed by atoms with Crippen molar-refractivity contribution in [1.82, 2.24) is 9.78 Å². The summed E-state index contributed by atoms with van der Waals surface area (Å²) >= 11 is 0. The molecule has 114 valence electrons. The van der Waals surface area contributed by atoms with Gasteiger partial charge in [0, 0.05) is 25.4 Å². The highest BCUT2D eigenvalue weighted by molar-refractivity contribution is 7.89. The summed E-state index contributed by atoms with van der Waals surface area (Å²) in [5.74, 6) is 0. The van der Waals surface area contributed by atoms with Crippen molar-refractivity contribution in [2.45, 2.75) is 24.8 Å². The van der Waals surface area contributed by atoms with E-state index in [2.05, 4.69) is 10.4 Å². The minimum atomic E-state index is -3.75. The topological polar surface area (TPSA) is 116 Å². The van der Waals surface area contributed by atoms with E-state index in [0.717, 1.165) is 17.7 Å². The van der Waals surface area contributed by atoms with Gasteiger partial charge in [0.05, 0.1) is 22.0 Å². The molecule has 0 saturated carbocycles. The number of hydrogen-bond acceptors (Lipinski definition) is 5. The van der Waals surface area contributed by atoms with E-state index in [0.29, 0.717) is 17.9 Å². The molecular formula is C13H19N5O2S. The zero-order valence-electron chi connectivity index (χ0n) is 12.0. The third-order valence-electron chi connectivity index (χ3n) is 3.15. The summed E-state index contributed by atoms with van der Waals surface area (Å²) in [5, 5.41) is 12.6. The first-order chi connectivity index (χ1) is 9.81. The third kappa shape index (κ3) is 3.53. The fraction of sp³-hybridized carbons (Fsp3) is 0.308. The Kier molecular flexibility index (Phi) is 4.19. The smallest absolute Gasteiger partial charge is 0.238 e. The van der Waals surface area contributed by atoms with E-state index in [1.807, 2.05) is 20.2 Å². The van der Waals surface area contributed by atoms with Gasteiger partial charge < -0.3 is 11.1 Å². The highest BCUT2D eigenvalue weighted by Crippen LogP contribution is 2.23. The standard InChI is InChI=1S/C13H19N5O2S/c1-3-12-9(8-18(2)17-12)7-16-13-6-10(21(15,19)20)4-5-11(13)14/h4-6,8,16H,3,7,14H2,1-2H3,(H2,15,19,20). The Morgan fingerprint density at radius 3 is 2.71 bits per heavy atom. The van der Waals surface area contributed by atoms with Crippen LogP contribution >= 0.6 is 0 Å². The third-order valence-corrected chi connectivity index (χ3v) is 4.06. The van der Waals surface area contributed by atoms with Crippen molar-refractivity contribution in [3.63, 3.8) is 0 Å². The van der Waals surface area contributed by atoms with E-state index in [4.69, 9.17) is 10.9 Å². The SMILES string of the molecule is CCc1nn(C)cc1CNc1cc(S(N)(=O)=O)ccc1N. The van der Waals surface area contributed by atoms with Gasteiger partial charge in [0.1, 0.15) is 0 Å². The predicted octanol–water partition coefficient (Wildman–Crippen LogP) is 0.824. The van der Waals surface area contributed by atoms with Gasteiger partial charge >= 0.3 is 0 Å². The van der Waals surface area contributed by atoms with Crippen LogP contribution < -0.4 is 16.2 Å². The molecule has 0 amide bonds. The maximum Gasteiger partial charge on any atom is 0.238 e. The molecule has 2 rings (SSSR count). The Morgan fingerprint density at radius 1 is 1.38 bits per heavy atom. The highest BCUT2D eigenvalue weighted by Gasteiger charge is 2.11. The molecule has 1 aromatic heterocycles. The summed E-state index contributed by atoms with van der Waals surface area (Å²) in [6.45, 7) is 2.54. The second-order valence-corrected chi connectivity index (χ2v) is 6.34. The van der Waals surface area contributed by atoms with Gasteiger partial charge in [-0.15, -0.1) is 0 Å². The summed E-state index contributed by atoms with van der Waals surface area (Å²) < 4.78 is 24.5. The molecule has 0 saturated heterocycles. The van der Waals surface area contributed by atoms with Crippen LogP contribution in [0.25, 0.3) is 0 Å². The van der Waals surface area contributed by atoms with E-state index in [1.54, 1.807) is 4.68 Å². The molecule has 7 nitrogen and oxygen atoms in total. The minimum absolute atomic E-state index is 0.0288. The number of aryl methyl sites for hydroxylation is 2. The van der Waals surface area contributed by atoms with E-state index >= 15 is 0 Å². The van der Waals surface area contributed by atoms with Crippen molar-refractivity contribution in [1.29, 1.82) is 0 Å². The summed E-state index contributed by atoms with van der Waals surface area (Å²) in [6.07, 6.45) is 2.75. The predicted molar refractivity (Wildman–Crippen MR) is 82.1 cm³/mol. The van der Waals surface area contributed by atoms with E-state index in [-0.39, 0.29) is 4.90 Å². The average Bonchev–Trinajstić information content (AvgIpc) is 2.76. The molecule has 5 N–H and O–H groups in total. The van der Waals surface area contributed by atoms with Crippen molar-refractivity contribution in [3.05, 3.63) is 35.7 Å². The number of nitrogens with zero attached hydrogens (tertiary/aromatic N) is 2. The molecule has 0 atom stereocenters. The number of aromatic nitrogens is 2. The molecule has 21 heavy (non-hydrogen) atoms. The van der Waals surface area contributed by atoms with Crippen LogP contribution in [0.2, 0.25) is 0 Å². The van der Waals surface area contributed by atoms with Gasteiger partial charge in [-0.3, -0.25) is 4.68 Å². The maximum absolute atomic E-state index is 11.4. The number of nitrogen functional groups attached to an aromatic ring is 1. The van der Waals surface area contributed by atoms with Gasteiger partial charge in [0.2, 0.25) is 10.0 Å². The number of nitrogens with two attached hydrogens (primary N) is 2. The number of nitrogens with one attached hydrogen (secondary N) is 1. The molecule has 8 heteroatoms. The van der Waals surface area contributed by atoms with Crippen molar-refractivity contribution in [2.75, 3.05) is 11.1 Å². The molecule has 0 aliphatic heterocycles. The van der Waals surface area contributed by atoms with E-state index < -0.39 is 10.0 Å². The monoisotopic (exact) mass is 309 g/mol. The normalized spacial score (nSPS) is 11.6. The van der Waals surface area contributed by atoms with Gasteiger partial charge in [-0.25, -0.2) is 13.6 Å². The lowest BCUT2D eigenvalue weighted by atomic mass is 10.2. The molecule has 0 fully saturated rings. The first-order valence-electron chi connectivity index (χ1n) is 6.49. The second kappa shape index (κ2) is 5.74. The Balaban J connectivity index is 2.23. The molecule has 0 radical (unpaired) electrons. The van der Waals surface area contributed by atoms with E-state index in [1.165, 1.54) is 18.2 Å². The summed E-state index contributed by atoms with van der Waals surface area (Å²) in [5.41, 5.74) is 8.88. The lowest BCUT2D eigenvalue weighted by Crippen LogP contribution is -2.13. The van der Waals surface area contributed by atoms with Crippen LogP contribution in [-0.4, -0.2) is 18.2 Å². The van der Waals surface area contributed by atoms with Crippen molar-refractivity contribution < 1.29 is 8.42 Å². The number of primary sulfonamides is 1. The maximum atomic E-state index is 11.4.